The molecule has 0 N–H and O–H groups in total. The van der Waals surface area contributed by atoms with Gasteiger partial charge in [0.05, 0.1) is 30.2 Å². The van der Waals surface area contributed by atoms with Crippen LogP contribution in [0.15, 0.2) is 45.6 Å². The quantitative estimate of drug-likeness (QED) is 0.300. The number of benzene rings is 2. The molecule has 0 aliphatic carbocycles. The van der Waals surface area contributed by atoms with Crippen LogP contribution in [0.2, 0.25) is 0 Å². The van der Waals surface area contributed by atoms with Gasteiger partial charge in [0.15, 0.2) is 16.9 Å². The molecule has 192 valence electrons. The Hall–Kier alpha value is -3.79. The second-order valence-electron chi connectivity index (χ2n) is 9.04. The van der Waals surface area contributed by atoms with E-state index in [0.29, 0.717) is 47.7 Å². The standard InChI is InChI=1S/C27H26FN3O5S/c1-5-34-19-9-7-15(12-20(19)35-6-2)23-22-24(32)17-13-16(28)8-10-18(17)36-25(22)26(33)31(23)27-30-29-21(37-27)11-14(3)4/h7-10,12-14,23H,5-6,11H2,1-4H3. The fraction of sp³-hybridized carbons (Fsp3) is 0.333. The Labute approximate surface area is 216 Å². The first-order valence-corrected chi connectivity index (χ1v) is 13.0. The highest BCUT2D eigenvalue weighted by atomic mass is 32.1. The van der Waals surface area contributed by atoms with Gasteiger partial charge in [-0.2, -0.15) is 0 Å². The van der Waals surface area contributed by atoms with E-state index in [1.807, 2.05) is 13.8 Å². The van der Waals surface area contributed by atoms with Crippen LogP contribution in [0.3, 0.4) is 0 Å². The summed E-state index contributed by atoms with van der Waals surface area (Å²) in [6.07, 6.45) is 0.704. The molecule has 2 aromatic carbocycles. The minimum absolute atomic E-state index is 0.0622. The zero-order valence-electron chi connectivity index (χ0n) is 20.9. The van der Waals surface area contributed by atoms with Gasteiger partial charge in [0.1, 0.15) is 16.4 Å². The normalized spacial score (nSPS) is 15.0. The Bertz CT molecular complexity index is 1550. The molecule has 0 fully saturated rings. The summed E-state index contributed by atoms with van der Waals surface area (Å²) < 4.78 is 31.5. The van der Waals surface area contributed by atoms with E-state index in [4.69, 9.17) is 13.9 Å². The highest BCUT2D eigenvalue weighted by molar-refractivity contribution is 7.15. The molecule has 1 aliphatic heterocycles. The summed E-state index contributed by atoms with van der Waals surface area (Å²) >= 11 is 1.29. The molecule has 0 saturated carbocycles. The largest absolute Gasteiger partial charge is 0.490 e. The zero-order valence-corrected chi connectivity index (χ0v) is 21.7. The van der Waals surface area contributed by atoms with E-state index in [9.17, 15) is 14.0 Å². The zero-order chi connectivity index (χ0) is 26.3. The molecule has 1 unspecified atom stereocenters. The van der Waals surface area contributed by atoms with Gasteiger partial charge in [-0.15, -0.1) is 10.2 Å². The van der Waals surface area contributed by atoms with E-state index in [1.165, 1.54) is 28.4 Å². The molecule has 0 bridgehead atoms. The average Bonchev–Trinajstić information content (AvgIpc) is 3.42. The third kappa shape index (κ3) is 4.46. The number of rotatable bonds is 8. The van der Waals surface area contributed by atoms with Crippen molar-refractivity contribution in [3.05, 3.63) is 74.3 Å². The summed E-state index contributed by atoms with van der Waals surface area (Å²) in [5.41, 5.74) is 0.381. The Morgan fingerprint density at radius 1 is 1.05 bits per heavy atom. The van der Waals surface area contributed by atoms with Crippen LogP contribution >= 0.6 is 11.3 Å². The van der Waals surface area contributed by atoms with Gasteiger partial charge in [0, 0.05) is 6.42 Å². The van der Waals surface area contributed by atoms with Crippen molar-refractivity contribution in [2.24, 2.45) is 5.92 Å². The van der Waals surface area contributed by atoms with Crippen molar-refractivity contribution in [2.45, 2.75) is 40.2 Å². The van der Waals surface area contributed by atoms with Crippen molar-refractivity contribution in [2.75, 3.05) is 18.1 Å². The molecule has 1 amide bonds. The van der Waals surface area contributed by atoms with E-state index < -0.39 is 23.2 Å². The summed E-state index contributed by atoms with van der Waals surface area (Å²) in [4.78, 5) is 28.9. The molecule has 37 heavy (non-hydrogen) atoms. The number of nitrogens with zero attached hydrogens (tertiary/aromatic N) is 3. The first kappa shape index (κ1) is 24.9. The lowest BCUT2D eigenvalue weighted by molar-refractivity contribution is 0.0970. The predicted molar refractivity (Wildman–Crippen MR) is 138 cm³/mol. The number of ether oxygens (including phenoxy) is 2. The maximum atomic E-state index is 14.1. The van der Waals surface area contributed by atoms with Crippen LogP contribution in [-0.2, 0) is 6.42 Å². The van der Waals surface area contributed by atoms with Crippen molar-refractivity contribution in [3.8, 4) is 11.5 Å². The van der Waals surface area contributed by atoms with E-state index in [-0.39, 0.29) is 22.3 Å². The van der Waals surface area contributed by atoms with E-state index in [1.54, 1.807) is 18.2 Å². The number of hydrogen-bond acceptors (Lipinski definition) is 8. The Morgan fingerprint density at radius 2 is 1.81 bits per heavy atom. The van der Waals surface area contributed by atoms with Gasteiger partial charge in [-0.3, -0.25) is 14.5 Å². The second-order valence-corrected chi connectivity index (χ2v) is 10.1. The van der Waals surface area contributed by atoms with Crippen LogP contribution in [0.4, 0.5) is 9.52 Å². The fourth-order valence-corrected chi connectivity index (χ4v) is 5.55. The first-order chi connectivity index (χ1) is 17.8. The number of amides is 1. The Morgan fingerprint density at radius 3 is 2.54 bits per heavy atom. The lowest BCUT2D eigenvalue weighted by atomic mass is 9.98. The van der Waals surface area contributed by atoms with Crippen molar-refractivity contribution < 1.29 is 23.1 Å². The molecule has 10 heteroatoms. The molecule has 0 saturated heterocycles. The van der Waals surface area contributed by atoms with Gasteiger partial charge >= 0.3 is 0 Å². The van der Waals surface area contributed by atoms with Crippen molar-refractivity contribution >= 4 is 33.3 Å². The van der Waals surface area contributed by atoms with Crippen LogP contribution in [0.25, 0.3) is 11.0 Å². The highest BCUT2D eigenvalue weighted by Gasteiger charge is 2.45. The smallest absolute Gasteiger partial charge is 0.297 e. The fourth-order valence-electron chi connectivity index (χ4n) is 4.47. The first-order valence-electron chi connectivity index (χ1n) is 12.1. The van der Waals surface area contributed by atoms with Crippen molar-refractivity contribution in [1.82, 2.24) is 10.2 Å². The van der Waals surface area contributed by atoms with Gasteiger partial charge < -0.3 is 13.9 Å². The third-order valence-electron chi connectivity index (χ3n) is 5.96. The molecule has 1 atom stereocenters. The number of carbonyl (C=O) groups excluding carboxylic acids is 1. The summed E-state index contributed by atoms with van der Waals surface area (Å²) in [6.45, 7) is 8.72. The minimum atomic E-state index is -0.874. The van der Waals surface area contributed by atoms with E-state index in [2.05, 4.69) is 24.0 Å². The molecular formula is C27H26FN3O5S. The summed E-state index contributed by atoms with van der Waals surface area (Å²) in [5, 5.41) is 9.75. The molecule has 8 nitrogen and oxygen atoms in total. The maximum Gasteiger partial charge on any atom is 0.297 e. The number of hydrogen-bond donors (Lipinski definition) is 0. The van der Waals surface area contributed by atoms with Gasteiger partial charge in [0.2, 0.25) is 10.9 Å². The average molecular weight is 524 g/mol. The summed E-state index contributed by atoms with van der Waals surface area (Å²) in [6, 6.07) is 8.07. The minimum Gasteiger partial charge on any atom is -0.490 e. The highest BCUT2D eigenvalue weighted by Crippen LogP contribution is 2.44. The lowest BCUT2D eigenvalue weighted by Crippen LogP contribution is -2.29. The lowest BCUT2D eigenvalue weighted by Gasteiger charge is -2.23. The van der Waals surface area contributed by atoms with E-state index >= 15 is 0 Å². The molecule has 0 spiro atoms. The SMILES string of the molecule is CCOc1ccc(C2c3c(oc4ccc(F)cc4c3=O)C(=O)N2c2nnc(CC(C)C)s2)cc1OCC. The van der Waals surface area contributed by atoms with Crippen molar-refractivity contribution in [3.63, 3.8) is 0 Å². The second kappa shape index (κ2) is 9.93. The van der Waals surface area contributed by atoms with Gasteiger partial charge in [-0.05, 0) is 55.7 Å². The molecule has 5 rings (SSSR count). The van der Waals surface area contributed by atoms with E-state index in [0.717, 1.165) is 11.1 Å². The van der Waals surface area contributed by atoms with Crippen LogP contribution < -0.4 is 19.8 Å². The number of anilines is 1. The van der Waals surface area contributed by atoms with Crippen LogP contribution in [-0.4, -0.2) is 29.3 Å². The van der Waals surface area contributed by atoms with Crippen molar-refractivity contribution in [1.29, 1.82) is 0 Å². The molecule has 4 aromatic rings. The molecule has 0 radical (unpaired) electrons. The van der Waals surface area contributed by atoms with Crippen LogP contribution in [0, 0.1) is 11.7 Å². The van der Waals surface area contributed by atoms with Crippen LogP contribution in [0.5, 0.6) is 11.5 Å². The number of halogens is 1. The topological polar surface area (TPSA) is 94.8 Å². The van der Waals surface area contributed by atoms with Gasteiger partial charge in [0.25, 0.3) is 5.91 Å². The molecule has 1 aliphatic rings. The summed E-state index contributed by atoms with van der Waals surface area (Å²) in [5.74, 6) is 0.207. The number of carbonyl (C=O) groups is 1. The number of aromatic nitrogens is 2. The molecule has 3 heterocycles. The van der Waals surface area contributed by atoms with Crippen LogP contribution in [0.1, 0.15) is 60.4 Å². The third-order valence-corrected chi connectivity index (χ3v) is 6.91. The predicted octanol–water partition coefficient (Wildman–Crippen LogP) is 5.53. The summed E-state index contributed by atoms with van der Waals surface area (Å²) in [7, 11) is 0. The molecular weight excluding hydrogens is 497 g/mol. The maximum absolute atomic E-state index is 14.1. The molecule has 2 aromatic heterocycles. The number of fused-ring (bicyclic) bond motifs is 2. The van der Waals surface area contributed by atoms with Gasteiger partial charge in [-0.25, -0.2) is 4.39 Å². The van der Waals surface area contributed by atoms with Gasteiger partial charge in [-0.1, -0.05) is 31.3 Å². The monoisotopic (exact) mass is 523 g/mol. The Balaban J connectivity index is 1.73. The Kier molecular flexibility index (Phi) is 6.68.